The van der Waals surface area contributed by atoms with E-state index in [-0.39, 0.29) is 11.9 Å². The van der Waals surface area contributed by atoms with Crippen molar-refractivity contribution in [3.63, 3.8) is 0 Å². The number of halogens is 1. The number of imidazole rings is 1. The molecule has 6 nitrogen and oxygen atoms in total. The van der Waals surface area contributed by atoms with E-state index in [1.165, 1.54) is 12.8 Å². The molecule has 4 heterocycles. The molecule has 0 saturated carbocycles. The van der Waals surface area contributed by atoms with Crippen LogP contribution in [-0.4, -0.2) is 59.2 Å². The molecule has 2 aliphatic heterocycles. The first kappa shape index (κ1) is 17.6. The molecule has 146 valence electrons. The van der Waals surface area contributed by atoms with Crippen molar-refractivity contribution in [1.29, 1.82) is 0 Å². The molecular formula is C21H24FN5O. The summed E-state index contributed by atoms with van der Waals surface area (Å²) in [5.74, 6) is 0.324. The van der Waals surface area contributed by atoms with Crippen LogP contribution in [0.3, 0.4) is 0 Å². The van der Waals surface area contributed by atoms with Crippen LogP contribution in [0.25, 0.3) is 17.0 Å². The molecule has 28 heavy (non-hydrogen) atoms. The van der Waals surface area contributed by atoms with Gasteiger partial charge in [-0.3, -0.25) is 9.30 Å². The maximum Gasteiger partial charge on any atom is 0.234 e. The second kappa shape index (κ2) is 7.14. The minimum Gasteiger partial charge on any atom is -0.378 e. The summed E-state index contributed by atoms with van der Waals surface area (Å²) in [6.45, 7) is 4.32. The predicted molar refractivity (Wildman–Crippen MR) is 106 cm³/mol. The Balaban J connectivity index is 1.51. The van der Waals surface area contributed by atoms with Crippen molar-refractivity contribution < 1.29 is 9.13 Å². The van der Waals surface area contributed by atoms with Crippen LogP contribution in [0.5, 0.6) is 0 Å². The molecule has 5 rings (SSSR count). The zero-order valence-corrected chi connectivity index (χ0v) is 16.0. The second-order valence-electron chi connectivity index (χ2n) is 7.60. The highest BCUT2D eigenvalue weighted by Crippen LogP contribution is 2.29. The summed E-state index contributed by atoms with van der Waals surface area (Å²) in [6, 6.07) is 7.32. The number of hydrogen-bond donors (Lipinski definition) is 0. The van der Waals surface area contributed by atoms with Gasteiger partial charge in [-0.05, 0) is 44.2 Å². The molecule has 7 heteroatoms. The quantitative estimate of drug-likeness (QED) is 0.698. The fourth-order valence-electron chi connectivity index (χ4n) is 4.17. The van der Waals surface area contributed by atoms with Crippen LogP contribution in [0.2, 0.25) is 0 Å². The molecule has 1 aromatic carbocycles. The van der Waals surface area contributed by atoms with E-state index in [4.69, 9.17) is 4.74 Å². The lowest BCUT2D eigenvalue weighted by Gasteiger charge is -2.31. The summed E-state index contributed by atoms with van der Waals surface area (Å²) >= 11 is 0. The first-order valence-electron chi connectivity index (χ1n) is 9.87. The van der Waals surface area contributed by atoms with E-state index >= 15 is 0 Å². The van der Waals surface area contributed by atoms with E-state index in [1.807, 2.05) is 35.0 Å². The van der Waals surface area contributed by atoms with Crippen molar-refractivity contribution in [1.82, 2.24) is 19.3 Å². The fraction of sp³-hybridized carbons (Fsp3) is 0.429. The van der Waals surface area contributed by atoms with E-state index in [1.54, 1.807) is 6.07 Å². The number of benzene rings is 1. The summed E-state index contributed by atoms with van der Waals surface area (Å²) in [6.07, 6.45) is 6.16. The zero-order chi connectivity index (χ0) is 19.1. The fourth-order valence-corrected chi connectivity index (χ4v) is 4.17. The van der Waals surface area contributed by atoms with Crippen LogP contribution >= 0.6 is 0 Å². The summed E-state index contributed by atoms with van der Waals surface area (Å²) in [7, 11) is 2.09. The van der Waals surface area contributed by atoms with E-state index < -0.39 is 0 Å². The molecular weight excluding hydrogens is 357 g/mol. The molecule has 2 fully saturated rings. The summed E-state index contributed by atoms with van der Waals surface area (Å²) < 4.78 is 22.2. The molecule has 1 atom stereocenters. The molecule has 0 bridgehead atoms. The standard InChI is InChI=1S/C21H24FN5O/c1-25-10-11-28-14-20(25)19-13-23-21-24-18(6-9-27(19)21)16-12-15(4-5-17(16)22)26-7-2-3-8-26/h4-6,9,12-13,20H,2-3,7-8,10-11,14H2,1H3. The average molecular weight is 381 g/mol. The van der Waals surface area contributed by atoms with Crippen molar-refractivity contribution >= 4 is 11.5 Å². The van der Waals surface area contributed by atoms with Gasteiger partial charge in [0.2, 0.25) is 5.78 Å². The number of nitrogens with zero attached hydrogens (tertiary/aromatic N) is 5. The summed E-state index contributed by atoms with van der Waals surface area (Å²) in [5, 5.41) is 0. The van der Waals surface area contributed by atoms with Gasteiger partial charge in [-0.1, -0.05) is 0 Å². The molecule has 0 aliphatic carbocycles. The van der Waals surface area contributed by atoms with E-state index in [9.17, 15) is 4.39 Å². The first-order chi connectivity index (χ1) is 13.7. The summed E-state index contributed by atoms with van der Waals surface area (Å²) in [5.41, 5.74) is 3.23. The second-order valence-corrected chi connectivity index (χ2v) is 7.60. The number of rotatable bonds is 3. The molecule has 0 N–H and O–H groups in total. The van der Waals surface area contributed by atoms with Crippen LogP contribution in [0, 0.1) is 5.82 Å². The third-order valence-corrected chi connectivity index (χ3v) is 5.84. The van der Waals surface area contributed by atoms with Crippen LogP contribution in [0.15, 0.2) is 36.7 Å². The number of likely N-dealkylation sites (N-methyl/N-ethyl adjacent to an activating group) is 1. The average Bonchev–Trinajstić information content (AvgIpc) is 3.38. The topological polar surface area (TPSA) is 45.9 Å². The van der Waals surface area contributed by atoms with Gasteiger partial charge in [-0.15, -0.1) is 0 Å². The van der Waals surface area contributed by atoms with Crippen LogP contribution in [0.4, 0.5) is 10.1 Å². The van der Waals surface area contributed by atoms with Gasteiger partial charge in [0.05, 0.1) is 36.8 Å². The van der Waals surface area contributed by atoms with E-state index in [0.29, 0.717) is 23.6 Å². The number of morpholine rings is 1. The van der Waals surface area contributed by atoms with Crippen LogP contribution in [-0.2, 0) is 4.74 Å². The van der Waals surface area contributed by atoms with Crippen molar-refractivity contribution in [3.05, 3.63) is 48.2 Å². The van der Waals surface area contributed by atoms with Gasteiger partial charge in [-0.2, -0.15) is 0 Å². The lowest BCUT2D eigenvalue weighted by atomic mass is 10.1. The Bertz CT molecular complexity index is 998. The lowest BCUT2D eigenvalue weighted by Crippen LogP contribution is -2.37. The minimum atomic E-state index is -0.257. The Kier molecular flexibility index (Phi) is 4.49. The summed E-state index contributed by atoms with van der Waals surface area (Å²) in [4.78, 5) is 13.7. The Morgan fingerprint density at radius 3 is 2.82 bits per heavy atom. The highest BCUT2D eigenvalue weighted by atomic mass is 19.1. The Morgan fingerprint density at radius 1 is 1.14 bits per heavy atom. The van der Waals surface area contributed by atoms with Gasteiger partial charge in [0, 0.05) is 37.1 Å². The highest BCUT2D eigenvalue weighted by molar-refractivity contribution is 5.67. The van der Waals surface area contributed by atoms with Gasteiger partial charge in [0.15, 0.2) is 0 Å². The normalized spacial score (nSPS) is 20.9. The Hall–Kier alpha value is -2.51. The number of ether oxygens (including phenoxy) is 1. The highest BCUT2D eigenvalue weighted by Gasteiger charge is 2.25. The van der Waals surface area contributed by atoms with Crippen LogP contribution < -0.4 is 4.90 Å². The molecule has 2 aromatic heterocycles. The van der Waals surface area contributed by atoms with Crippen molar-refractivity contribution in [2.24, 2.45) is 0 Å². The van der Waals surface area contributed by atoms with Crippen LogP contribution in [0.1, 0.15) is 24.6 Å². The third-order valence-electron chi connectivity index (χ3n) is 5.84. The molecule has 2 aliphatic rings. The smallest absolute Gasteiger partial charge is 0.234 e. The van der Waals surface area contributed by atoms with Crippen molar-refractivity contribution in [2.75, 3.05) is 44.8 Å². The Morgan fingerprint density at radius 2 is 2.00 bits per heavy atom. The largest absolute Gasteiger partial charge is 0.378 e. The maximum absolute atomic E-state index is 14.6. The number of hydrogen-bond acceptors (Lipinski definition) is 5. The molecule has 0 amide bonds. The number of aromatic nitrogens is 3. The zero-order valence-electron chi connectivity index (χ0n) is 16.0. The third kappa shape index (κ3) is 3.04. The maximum atomic E-state index is 14.6. The van der Waals surface area contributed by atoms with E-state index in [0.717, 1.165) is 37.6 Å². The Labute approximate surface area is 163 Å². The van der Waals surface area contributed by atoms with Crippen molar-refractivity contribution in [2.45, 2.75) is 18.9 Å². The predicted octanol–water partition coefficient (Wildman–Crippen LogP) is 3.14. The molecule has 1 unspecified atom stereocenters. The lowest BCUT2D eigenvalue weighted by molar-refractivity contribution is 0.00321. The molecule has 0 radical (unpaired) electrons. The van der Waals surface area contributed by atoms with Gasteiger partial charge in [0.25, 0.3) is 0 Å². The van der Waals surface area contributed by atoms with Gasteiger partial charge >= 0.3 is 0 Å². The molecule has 3 aromatic rings. The minimum absolute atomic E-state index is 0.145. The van der Waals surface area contributed by atoms with Crippen molar-refractivity contribution in [3.8, 4) is 11.3 Å². The van der Waals surface area contributed by atoms with E-state index in [2.05, 4.69) is 26.8 Å². The molecule has 2 saturated heterocycles. The number of fused-ring (bicyclic) bond motifs is 1. The molecule has 0 spiro atoms. The first-order valence-corrected chi connectivity index (χ1v) is 9.87. The number of anilines is 1. The SMILES string of the molecule is CN1CCOCC1c1cnc2nc(-c3cc(N4CCCC4)ccc3F)ccn12. The monoisotopic (exact) mass is 381 g/mol. The van der Waals surface area contributed by atoms with Gasteiger partial charge < -0.3 is 9.64 Å². The van der Waals surface area contributed by atoms with Gasteiger partial charge in [-0.25, -0.2) is 14.4 Å². The van der Waals surface area contributed by atoms with Gasteiger partial charge in [0.1, 0.15) is 5.82 Å².